The molecule has 0 aromatic heterocycles. The Bertz CT molecular complexity index is 95.7. The topological polar surface area (TPSA) is 37.3 Å². The highest BCUT2D eigenvalue weighted by Crippen LogP contribution is 1.97. The van der Waals surface area contributed by atoms with Gasteiger partial charge in [-0.1, -0.05) is 0 Å². The number of carbonyl (C=O) groups is 1. The Morgan fingerprint density at radius 3 is 2.00 bits per heavy atom. The van der Waals surface area contributed by atoms with Crippen LogP contribution in [0.3, 0.4) is 0 Å². The van der Waals surface area contributed by atoms with E-state index in [1.165, 1.54) is 0 Å². The molecule has 0 fully saturated rings. The monoisotopic (exact) mass is 132 g/mol. The van der Waals surface area contributed by atoms with E-state index < -0.39 is 0 Å². The van der Waals surface area contributed by atoms with E-state index in [-0.39, 0.29) is 12.6 Å². The summed E-state index contributed by atoms with van der Waals surface area (Å²) < 4.78 is 0.486. The van der Waals surface area contributed by atoms with Gasteiger partial charge in [-0.15, -0.1) is 0 Å². The molecule has 0 bridgehead atoms. The predicted octanol–water partition coefficient (Wildman–Crippen LogP) is -0.748. The molecule has 3 nitrogen and oxygen atoms in total. The molecule has 0 aromatic carbocycles. The summed E-state index contributed by atoms with van der Waals surface area (Å²) in [6.45, 7) is -0.0764. The Kier molecular flexibility index (Phi) is 2.81. The number of hydrogen-bond donors (Lipinski definition) is 1. The van der Waals surface area contributed by atoms with Crippen LogP contribution < -0.4 is 0 Å². The average Bonchev–Trinajstić information content (AvgIpc) is 1.65. The number of likely N-dealkylation sites (N-methyl/N-ethyl adjacent to an activating group) is 1. The third-order valence-electron chi connectivity index (χ3n) is 1.34. The van der Waals surface area contributed by atoms with Crippen molar-refractivity contribution in [1.82, 2.24) is 0 Å². The molecule has 9 heavy (non-hydrogen) atoms. The van der Waals surface area contributed by atoms with Crippen molar-refractivity contribution in [2.75, 3.05) is 27.7 Å². The molecule has 0 radical (unpaired) electrons. The second-order valence-electron chi connectivity index (χ2n) is 3.00. The Balaban J connectivity index is 3.94. The van der Waals surface area contributed by atoms with Crippen molar-refractivity contribution in [2.45, 2.75) is 6.04 Å². The van der Waals surface area contributed by atoms with Crippen LogP contribution >= 0.6 is 0 Å². The van der Waals surface area contributed by atoms with Crippen LogP contribution in [0.5, 0.6) is 0 Å². The second-order valence-corrected chi connectivity index (χ2v) is 3.00. The summed E-state index contributed by atoms with van der Waals surface area (Å²) in [4.78, 5) is 10.2. The summed E-state index contributed by atoms with van der Waals surface area (Å²) in [6, 6.07) is -0.287. The smallest absolute Gasteiger partial charge is 0.179 e. The van der Waals surface area contributed by atoms with E-state index in [0.29, 0.717) is 4.48 Å². The molecule has 3 heteroatoms. The molecule has 0 spiro atoms. The zero-order chi connectivity index (χ0) is 7.49. The fraction of sp³-hybridized carbons (Fsp3) is 0.833. The van der Waals surface area contributed by atoms with Gasteiger partial charge in [0.25, 0.3) is 0 Å². The maximum absolute atomic E-state index is 10.2. The van der Waals surface area contributed by atoms with E-state index >= 15 is 0 Å². The van der Waals surface area contributed by atoms with Crippen LogP contribution in [0.4, 0.5) is 0 Å². The van der Waals surface area contributed by atoms with Crippen molar-refractivity contribution in [3.05, 3.63) is 0 Å². The fourth-order valence-corrected chi connectivity index (χ4v) is 0.471. The molecule has 0 unspecified atom stereocenters. The van der Waals surface area contributed by atoms with Crippen molar-refractivity contribution >= 4 is 6.29 Å². The highest BCUT2D eigenvalue weighted by Gasteiger charge is 2.20. The second kappa shape index (κ2) is 2.94. The van der Waals surface area contributed by atoms with Crippen molar-refractivity contribution < 1.29 is 14.4 Å². The summed E-state index contributed by atoms with van der Waals surface area (Å²) in [7, 11) is 5.61. The first-order valence-electron chi connectivity index (χ1n) is 2.89. The molecule has 1 N–H and O–H groups in total. The number of carbonyl (C=O) groups excluding carboxylic acids is 1. The molecular weight excluding hydrogens is 118 g/mol. The van der Waals surface area contributed by atoms with Crippen LogP contribution in [0.1, 0.15) is 0 Å². The van der Waals surface area contributed by atoms with Gasteiger partial charge in [0.05, 0.1) is 21.1 Å². The summed E-state index contributed by atoms with van der Waals surface area (Å²) in [6.07, 6.45) is 0.778. The number of nitrogens with zero attached hydrogens (tertiary/aromatic N) is 1. The quantitative estimate of drug-likeness (QED) is 0.405. The maximum Gasteiger partial charge on any atom is 0.179 e. The molecule has 0 amide bonds. The lowest BCUT2D eigenvalue weighted by Gasteiger charge is -2.28. The number of rotatable bonds is 3. The molecule has 1 atom stereocenters. The number of hydrogen-bond acceptors (Lipinski definition) is 2. The van der Waals surface area contributed by atoms with E-state index in [2.05, 4.69) is 0 Å². The molecule has 0 aromatic rings. The predicted molar refractivity (Wildman–Crippen MR) is 35.0 cm³/mol. The number of aldehydes is 1. The van der Waals surface area contributed by atoms with Crippen LogP contribution in [0.2, 0.25) is 0 Å². The molecule has 0 aliphatic heterocycles. The van der Waals surface area contributed by atoms with Gasteiger partial charge in [-0.05, 0) is 0 Å². The van der Waals surface area contributed by atoms with E-state index in [0.717, 1.165) is 6.29 Å². The van der Waals surface area contributed by atoms with Crippen LogP contribution in [0.25, 0.3) is 0 Å². The van der Waals surface area contributed by atoms with Crippen molar-refractivity contribution in [3.63, 3.8) is 0 Å². The van der Waals surface area contributed by atoms with Gasteiger partial charge in [-0.3, -0.25) is 4.79 Å². The standard InChI is InChI=1S/C6H14NO2/c1-7(2,3)6(4-8)5-9/h4,6,9H,5H2,1-3H3/q+1/t6-/m1/s1. The number of aliphatic hydroxyl groups excluding tert-OH is 1. The molecule has 0 aliphatic carbocycles. The van der Waals surface area contributed by atoms with Crippen molar-refractivity contribution in [2.24, 2.45) is 0 Å². The van der Waals surface area contributed by atoms with E-state index in [4.69, 9.17) is 5.11 Å². The van der Waals surface area contributed by atoms with Crippen LogP contribution in [0.15, 0.2) is 0 Å². The van der Waals surface area contributed by atoms with Gasteiger partial charge >= 0.3 is 0 Å². The van der Waals surface area contributed by atoms with Crippen molar-refractivity contribution in [3.8, 4) is 0 Å². The van der Waals surface area contributed by atoms with Gasteiger partial charge in [0.1, 0.15) is 6.61 Å². The maximum atomic E-state index is 10.2. The highest BCUT2D eigenvalue weighted by molar-refractivity contribution is 5.55. The molecule has 0 saturated carbocycles. The largest absolute Gasteiger partial charge is 0.390 e. The lowest BCUT2D eigenvalue weighted by atomic mass is 10.3. The van der Waals surface area contributed by atoms with Crippen LogP contribution in [-0.4, -0.2) is 49.7 Å². The lowest BCUT2D eigenvalue weighted by Crippen LogP contribution is -2.48. The molecule has 0 aliphatic rings. The van der Waals surface area contributed by atoms with E-state index in [1.807, 2.05) is 21.1 Å². The number of aliphatic hydroxyl groups is 1. The van der Waals surface area contributed by atoms with Crippen LogP contribution in [0, 0.1) is 0 Å². The Morgan fingerprint density at radius 2 is 2.00 bits per heavy atom. The fourth-order valence-electron chi connectivity index (χ4n) is 0.471. The first-order valence-corrected chi connectivity index (χ1v) is 2.89. The van der Waals surface area contributed by atoms with Gasteiger partial charge in [0, 0.05) is 0 Å². The highest BCUT2D eigenvalue weighted by atomic mass is 16.3. The summed E-state index contributed by atoms with van der Waals surface area (Å²) in [5, 5.41) is 8.61. The molecule has 54 valence electrons. The summed E-state index contributed by atoms with van der Waals surface area (Å²) in [5.41, 5.74) is 0. The van der Waals surface area contributed by atoms with Crippen molar-refractivity contribution in [1.29, 1.82) is 0 Å². The third-order valence-corrected chi connectivity index (χ3v) is 1.34. The molecule has 0 heterocycles. The molecule has 0 rings (SSSR count). The SMILES string of the molecule is C[N+](C)(C)[C@H](C=O)CO. The van der Waals surface area contributed by atoms with Gasteiger partial charge < -0.3 is 9.59 Å². The summed E-state index contributed by atoms with van der Waals surface area (Å²) >= 11 is 0. The zero-order valence-electron chi connectivity index (χ0n) is 6.16. The average molecular weight is 132 g/mol. The van der Waals surface area contributed by atoms with E-state index in [1.54, 1.807) is 0 Å². The molecule has 0 saturated heterocycles. The van der Waals surface area contributed by atoms with Gasteiger partial charge in [-0.2, -0.15) is 0 Å². The first-order chi connectivity index (χ1) is 4.02. The first kappa shape index (κ1) is 8.59. The number of quaternary nitrogens is 1. The third kappa shape index (κ3) is 2.58. The summed E-state index contributed by atoms with van der Waals surface area (Å²) in [5.74, 6) is 0. The minimum absolute atomic E-state index is 0.0764. The Hall–Kier alpha value is -0.410. The van der Waals surface area contributed by atoms with Crippen LogP contribution in [-0.2, 0) is 4.79 Å². The minimum atomic E-state index is -0.287. The normalized spacial score (nSPS) is 15.1. The van der Waals surface area contributed by atoms with Gasteiger partial charge in [0.15, 0.2) is 12.3 Å². The van der Waals surface area contributed by atoms with Gasteiger partial charge in [0.2, 0.25) is 0 Å². The van der Waals surface area contributed by atoms with Gasteiger partial charge in [-0.25, -0.2) is 0 Å². The Morgan fingerprint density at radius 1 is 1.56 bits per heavy atom. The minimum Gasteiger partial charge on any atom is -0.390 e. The zero-order valence-corrected chi connectivity index (χ0v) is 6.16. The molecular formula is C6H14NO2+. The Labute approximate surface area is 55.5 Å². The van der Waals surface area contributed by atoms with E-state index in [9.17, 15) is 4.79 Å². The lowest BCUT2D eigenvalue weighted by molar-refractivity contribution is -0.885.